The van der Waals surface area contributed by atoms with E-state index in [0.29, 0.717) is 44.2 Å². The van der Waals surface area contributed by atoms with Gasteiger partial charge in [0.25, 0.3) is 0 Å². The number of carbonyl (C=O) groups excluding carboxylic acids is 9. The fourth-order valence-corrected chi connectivity index (χ4v) is 8.62. The second-order valence-electron chi connectivity index (χ2n) is 21.1. The Morgan fingerprint density at radius 3 is 1.73 bits per heavy atom. The van der Waals surface area contributed by atoms with E-state index in [0.717, 1.165) is 0 Å². The number of nitrogens with one attached hydrogen (secondary N) is 7. The van der Waals surface area contributed by atoms with Gasteiger partial charge in [-0.25, -0.2) is 4.79 Å². The van der Waals surface area contributed by atoms with Gasteiger partial charge >= 0.3 is 11.9 Å². The number of hydrogen-bond acceptors (Lipinski definition) is 14. The number of nitrogens with zero attached hydrogens (tertiary/aromatic N) is 1. The van der Waals surface area contributed by atoms with Gasteiger partial charge in [-0.2, -0.15) is 0 Å². The van der Waals surface area contributed by atoms with Crippen LogP contribution in [-0.2, 0) is 59.2 Å². The molecule has 1 aliphatic rings. The highest BCUT2D eigenvalue weighted by Crippen LogP contribution is 2.23. The summed E-state index contributed by atoms with van der Waals surface area (Å²) in [6.07, 6.45) is 0.683. The number of unbranched alkanes of at least 4 members (excludes halogenated alkanes) is 1. The lowest BCUT2D eigenvalue weighted by atomic mass is 9.95. The number of amides is 9. The number of carboxylic acid groups (broad SMARTS) is 2. The molecule has 2 rings (SSSR count). The molecule has 1 aromatic rings. The lowest BCUT2D eigenvalue weighted by Crippen LogP contribution is -2.61. The molecule has 9 amide bonds. The summed E-state index contributed by atoms with van der Waals surface area (Å²) < 4.78 is 0. The molecule has 0 unspecified atom stereocenters. The number of likely N-dealkylation sites (tertiary alicyclic amines) is 1. The first-order valence-corrected chi connectivity index (χ1v) is 26.5. The van der Waals surface area contributed by atoms with Gasteiger partial charge in [-0.15, -0.1) is 0 Å². The number of carbonyl (C=O) groups is 11. The molecule has 0 radical (unpaired) electrons. The van der Waals surface area contributed by atoms with Crippen molar-refractivity contribution >= 4 is 65.1 Å². The Balaban J connectivity index is 2.41. The first kappa shape index (κ1) is 66.2. The number of phenols is 1. The third-order valence-corrected chi connectivity index (χ3v) is 13.2. The monoisotopic (exact) mass is 1090 g/mol. The number of nitrogens with two attached hydrogens (primary N) is 3. The van der Waals surface area contributed by atoms with Crippen molar-refractivity contribution in [1.29, 1.82) is 0 Å². The van der Waals surface area contributed by atoms with Gasteiger partial charge in [-0.3, -0.25) is 47.9 Å². The molecule has 1 saturated heterocycles. The van der Waals surface area contributed by atoms with Crippen molar-refractivity contribution in [3.05, 3.63) is 29.8 Å². The summed E-state index contributed by atoms with van der Waals surface area (Å²) in [6, 6.07) is -6.46. The van der Waals surface area contributed by atoms with Gasteiger partial charge in [0.15, 0.2) is 0 Å². The maximum Gasteiger partial charge on any atom is 0.326 e. The van der Waals surface area contributed by atoms with Crippen LogP contribution in [0.2, 0.25) is 0 Å². The van der Waals surface area contributed by atoms with E-state index < -0.39 is 151 Å². The van der Waals surface area contributed by atoms with E-state index in [1.807, 2.05) is 20.8 Å². The molecular formula is C52H85N11O14. The molecule has 10 atom stereocenters. The summed E-state index contributed by atoms with van der Waals surface area (Å²) in [5.74, 6) is -11.8. The summed E-state index contributed by atoms with van der Waals surface area (Å²) in [5, 5.41) is 47.0. The average molecular weight is 1090 g/mol. The molecule has 0 aliphatic carbocycles. The average Bonchev–Trinajstić information content (AvgIpc) is 3.85. The smallest absolute Gasteiger partial charge is 0.326 e. The Labute approximate surface area is 450 Å². The van der Waals surface area contributed by atoms with Crippen LogP contribution in [0.15, 0.2) is 24.3 Å². The molecular weight excluding hydrogens is 1000 g/mol. The predicted octanol–water partition coefficient (Wildman–Crippen LogP) is -0.605. The fraction of sp³-hybridized carbons (Fsp3) is 0.673. The number of hydrogen-bond donors (Lipinski definition) is 13. The number of rotatable bonds is 34. The van der Waals surface area contributed by atoms with Crippen LogP contribution in [0.4, 0.5) is 0 Å². The van der Waals surface area contributed by atoms with Crippen molar-refractivity contribution in [2.75, 3.05) is 13.1 Å². The van der Waals surface area contributed by atoms with Crippen molar-refractivity contribution in [3.8, 4) is 5.75 Å². The van der Waals surface area contributed by atoms with Crippen molar-refractivity contribution in [2.45, 2.75) is 187 Å². The first-order valence-electron chi connectivity index (χ1n) is 26.5. The third kappa shape index (κ3) is 22.7. The number of primary amides is 1. The minimum absolute atomic E-state index is 0.00393. The first-order chi connectivity index (χ1) is 36.1. The summed E-state index contributed by atoms with van der Waals surface area (Å²) in [4.78, 5) is 149. The van der Waals surface area contributed by atoms with Crippen LogP contribution in [0.5, 0.6) is 5.75 Å². The number of aliphatic carboxylic acids is 2. The Morgan fingerprint density at radius 1 is 0.649 bits per heavy atom. The normalized spacial score (nSPS) is 16.8. The van der Waals surface area contributed by atoms with E-state index in [1.165, 1.54) is 29.2 Å². The lowest BCUT2D eigenvalue weighted by molar-refractivity contribution is -0.144. The second kappa shape index (κ2) is 32.6. The van der Waals surface area contributed by atoms with E-state index >= 15 is 0 Å². The lowest BCUT2D eigenvalue weighted by Gasteiger charge is -2.33. The number of benzene rings is 1. The minimum Gasteiger partial charge on any atom is -0.508 e. The standard InChI is InChI=1S/C52H85N11O14/c1-9-30(8)43(62-48(72)35(23-27(2)3)57-44(68)33(54)13-10-11-21-53)51(75)63-22-12-14-39(63)49(73)61-42(29(6)7)50(74)59-37(26-40(55)65)47(71)58-36(25-31-15-17-32(64)18-16-31)46(70)56-34(19-20-41(66)67)45(69)60-38(52(76)77)24-28(4)5/h15-18,27-30,33-39,42-43,64H,9-14,19-26,53-54H2,1-8H3,(H2,55,65)(H,56,70)(H,57,68)(H,58,71)(H,59,74)(H,60,69)(H,61,73)(H,62,72)(H,66,67)(H,76,77)/t30-,33-,34-,35-,36-,37-,38-,39-,42-,43-/m0/s1. The Morgan fingerprint density at radius 2 is 1.18 bits per heavy atom. The van der Waals surface area contributed by atoms with Crippen molar-refractivity contribution < 1.29 is 68.1 Å². The highest BCUT2D eigenvalue weighted by Gasteiger charge is 2.42. The highest BCUT2D eigenvalue weighted by molar-refractivity contribution is 5.99. The van der Waals surface area contributed by atoms with E-state index in [1.54, 1.807) is 34.6 Å². The van der Waals surface area contributed by atoms with Gasteiger partial charge in [0.1, 0.15) is 54.1 Å². The summed E-state index contributed by atoms with van der Waals surface area (Å²) in [5.41, 5.74) is 17.6. The van der Waals surface area contributed by atoms with Crippen LogP contribution >= 0.6 is 0 Å². The molecule has 1 aromatic carbocycles. The topological polar surface area (TPSA) is 414 Å². The fourth-order valence-electron chi connectivity index (χ4n) is 8.62. The van der Waals surface area contributed by atoms with Crippen LogP contribution in [0.25, 0.3) is 0 Å². The van der Waals surface area contributed by atoms with Gasteiger partial charge in [0, 0.05) is 19.4 Å². The van der Waals surface area contributed by atoms with E-state index in [-0.39, 0.29) is 49.8 Å². The molecule has 25 heteroatoms. The maximum absolute atomic E-state index is 14.5. The quantitative estimate of drug-likeness (QED) is 0.0383. The van der Waals surface area contributed by atoms with E-state index in [9.17, 15) is 68.1 Å². The van der Waals surface area contributed by atoms with Crippen LogP contribution in [-0.4, -0.2) is 153 Å². The SMILES string of the molecule is CC[C@H](C)[C@H](NC(=O)[C@H](CC(C)C)NC(=O)[C@@H](N)CCCCN)C(=O)N1CCC[C@H]1C(=O)N[C@H](C(=O)N[C@@H](CC(N)=O)C(=O)N[C@@H](Cc1ccc(O)cc1)C(=O)N[C@@H](CCC(=O)O)C(=O)N[C@@H](CC(C)C)C(=O)O)C(C)C. The van der Waals surface area contributed by atoms with Gasteiger partial charge < -0.3 is 74.6 Å². The van der Waals surface area contributed by atoms with Crippen molar-refractivity contribution in [2.24, 2.45) is 40.9 Å². The molecule has 25 nitrogen and oxygen atoms in total. The van der Waals surface area contributed by atoms with Crippen LogP contribution < -0.4 is 54.4 Å². The van der Waals surface area contributed by atoms with Gasteiger partial charge in [-0.05, 0) is 92.9 Å². The van der Waals surface area contributed by atoms with Gasteiger partial charge in [0.05, 0.1) is 12.5 Å². The number of carboxylic acids is 2. The van der Waals surface area contributed by atoms with E-state index in [4.69, 9.17) is 17.2 Å². The molecule has 77 heavy (non-hydrogen) atoms. The summed E-state index contributed by atoms with van der Waals surface area (Å²) in [7, 11) is 0. The summed E-state index contributed by atoms with van der Waals surface area (Å²) >= 11 is 0. The van der Waals surface area contributed by atoms with Gasteiger partial charge in [-0.1, -0.05) is 80.4 Å². The van der Waals surface area contributed by atoms with Crippen LogP contribution in [0.1, 0.15) is 132 Å². The Hall–Kier alpha value is -6.89. The summed E-state index contributed by atoms with van der Waals surface area (Å²) in [6.45, 7) is 14.5. The molecule has 16 N–H and O–H groups in total. The van der Waals surface area contributed by atoms with Crippen molar-refractivity contribution in [1.82, 2.24) is 42.1 Å². The van der Waals surface area contributed by atoms with Crippen LogP contribution in [0, 0.1) is 23.7 Å². The number of phenolic OH excluding ortho intramolecular Hbond substituents is 1. The zero-order valence-electron chi connectivity index (χ0n) is 45.7. The van der Waals surface area contributed by atoms with Crippen molar-refractivity contribution in [3.63, 3.8) is 0 Å². The molecule has 432 valence electrons. The zero-order chi connectivity index (χ0) is 58.3. The maximum atomic E-state index is 14.5. The largest absolute Gasteiger partial charge is 0.508 e. The predicted molar refractivity (Wildman–Crippen MR) is 282 cm³/mol. The van der Waals surface area contributed by atoms with Gasteiger partial charge in [0.2, 0.25) is 53.2 Å². The Kier molecular flexibility index (Phi) is 28.1. The highest BCUT2D eigenvalue weighted by atomic mass is 16.4. The molecule has 0 bridgehead atoms. The van der Waals surface area contributed by atoms with Crippen LogP contribution in [0.3, 0.4) is 0 Å². The second-order valence-corrected chi connectivity index (χ2v) is 21.1. The molecule has 0 aromatic heterocycles. The molecule has 1 heterocycles. The minimum atomic E-state index is -1.77. The molecule has 0 spiro atoms. The Bertz CT molecular complexity index is 2190. The molecule has 1 fully saturated rings. The molecule has 1 aliphatic heterocycles. The number of aromatic hydroxyl groups is 1. The van der Waals surface area contributed by atoms with E-state index in [2.05, 4.69) is 37.2 Å². The zero-order valence-corrected chi connectivity index (χ0v) is 45.7. The molecule has 0 saturated carbocycles. The third-order valence-electron chi connectivity index (χ3n) is 13.2.